The number of carbonyl (C=O) groups excluding carboxylic acids is 2. The highest BCUT2D eigenvalue weighted by molar-refractivity contribution is 6.22. The third-order valence-corrected chi connectivity index (χ3v) is 4.16. The van der Waals surface area contributed by atoms with Gasteiger partial charge in [0.25, 0.3) is 0 Å². The molecule has 92 valence electrons. The van der Waals surface area contributed by atoms with E-state index in [0.717, 1.165) is 12.8 Å². The van der Waals surface area contributed by atoms with Gasteiger partial charge in [-0.3, -0.25) is 9.59 Å². The van der Waals surface area contributed by atoms with Crippen LogP contribution in [0.2, 0.25) is 0 Å². The number of ether oxygens (including phenoxy) is 1. The van der Waals surface area contributed by atoms with E-state index in [-0.39, 0.29) is 35.9 Å². The lowest BCUT2D eigenvalue weighted by Crippen LogP contribution is -2.34. The molecule has 3 saturated heterocycles. The number of rotatable bonds is 1. The first-order valence-electron chi connectivity index (χ1n) is 6.21. The molecular formula is C13H12N2O3. The van der Waals surface area contributed by atoms with Gasteiger partial charge in [-0.25, -0.2) is 9.88 Å². The second-order valence-corrected chi connectivity index (χ2v) is 5.04. The van der Waals surface area contributed by atoms with Gasteiger partial charge in [-0.1, -0.05) is 6.07 Å². The van der Waals surface area contributed by atoms with Crippen molar-refractivity contribution in [1.29, 1.82) is 0 Å². The molecule has 0 N–H and O–H groups in total. The first-order chi connectivity index (χ1) is 8.77. The van der Waals surface area contributed by atoms with Crippen molar-refractivity contribution in [3.8, 4) is 0 Å². The molecule has 0 saturated carbocycles. The Bertz CT molecular complexity index is 502. The van der Waals surface area contributed by atoms with Crippen LogP contribution in [0, 0.1) is 11.8 Å². The summed E-state index contributed by atoms with van der Waals surface area (Å²) in [6.07, 6.45) is 3.24. The lowest BCUT2D eigenvalue weighted by atomic mass is 9.81. The molecule has 5 heteroatoms. The largest absolute Gasteiger partial charge is 0.373 e. The van der Waals surface area contributed by atoms with Gasteiger partial charge in [0.05, 0.1) is 24.0 Å². The average Bonchev–Trinajstić information content (AvgIpc) is 3.05. The molecule has 0 aromatic carbocycles. The Hall–Kier alpha value is -1.75. The molecule has 4 heterocycles. The van der Waals surface area contributed by atoms with E-state index in [2.05, 4.69) is 4.98 Å². The summed E-state index contributed by atoms with van der Waals surface area (Å²) in [6, 6.07) is 5.24. The van der Waals surface area contributed by atoms with Gasteiger partial charge in [0, 0.05) is 6.20 Å². The third kappa shape index (κ3) is 1.12. The van der Waals surface area contributed by atoms with Crippen molar-refractivity contribution in [1.82, 2.24) is 4.98 Å². The first kappa shape index (κ1) is 10.2. The van der Waals surface area contributed by atoms with Gasteiger partial charge in [0.15, 0.2) is 0 Å². The maximum absolute atomic E-state index is 12.4. The zero-order valence-electron chi connectivity index (χ0n) is 9.65. The lowest BCUT2D eigenvalue weighted by molar-refractivity contribution is -0.124. The summed E-state index contributed by atoms with van der Waals surface area (Å²) < 4.78 is 5.68. The number of carbonyl (C=O) groups is 2. The number of fused-ring (bicyclic) bond motifs is 5. The van der Waals surface area contributed by atoms with Crippen LogP contribution in [0.4, 0.5) is 5.82 Å². The summed E-state index contributed by atoms with van der Waals surface area (Å²) in [5, 5.41) is 0. The van der Waals surface area contributed by atoms with Gasteiger partial charge in [-0.05, 0) is 25.0 Å². The van der Waals surface area contributed by atoms with Crippen LogP contribution >= 0.6 is 0 Å². The van der Waals surface area contributed by atoms with Crippen LogP contribution in [-0.4, -0.2) is 29.0 Å². The molecule has 1 aromatic rings. The van der Waals surface area contributed by atoms with E-state index in [1.54, 1.807) is 24.4 Å². The number of nitrogens with zero attached hydrogens (tertiary/aromatic N) is 2. The first-order valence-corrected chi connectivity index (χ1v) is 6.21. The minimum absolute atomic E-state index is 0.0647. The lowest BCUT2D eigenvalue weighted by Gasteiger charge is -2.15. The van der Waals surface area contributed by atoms with Crippen LogP contribution in [0.1, 0.15) is 12.8 Å². The van der Waals surface area contributed by atoms with Gasteiger partial charge >= 0.3 is 0 Å². The Labute approximate surface area is 104 Å². The van der Waals surface area contributed by atoms with E-state index in [9.17, 15) is 9.59 Å². The Kier molecular flexibility index (Phi) is 1.92. The monoisotopic (exact) mass is 244 g/mol. The minimum Gasteiger partial charge on any atom is -0.373 e. The fraction of sp³-hybridized carbons (Fsp3) is 0.462. The fourth-order valence-corrected chi connectivity index (χ4v) is 3.42. The number of anilines is 1. The number of hydrogen-bond acceptors (Lipinski definition) is 4. The quantitative estimate of drug-likeness (QED) is 0.684. The van der Waals surface area contributed by atoms with Crippen LogP contribution in [0.15, 0.2) is 24.4 Å². The molecule has 0 unspecified atom stereocenters. The normalized spacial score (nSPS) is 37.4. The summed E-state index contributed by atoms with van der Waals surface area (Å²) in [4.78, 5) is 30.1. The van der Waals surface area contributed by atoms with Crippen molar-refractivity contribution in [2.24, 2.45) is 11.8 Å². The smallest absolute Gasteiger partial charge is 0.241 e. The molecule has 4 atom stereocenters. The van der Waals surface area contributed by atoms with E-state index < -0.39 is 0 Å². The van der Waals surface area contributed by atoms with E-state index in [1.807, 2.05) is 0 Å². The predicted molar refractivity (Wildman–Crippen MR) is 61.6 cm³/mol. The van der Waals surface area contributed by atoms with E-state index in [1.165, 1.54) is 4.90 Å². The highest BCUT2D eigenvalue weighted by Crippen LogP contribution is 2.49. The van der Waals surface area contributed by atoms with Crippen molar-refractivity contribution >= 4 is 17.6 Å². The van der Waals surface area contributed by atoms with Crippen LogP contribution in [-0.2, 0) is 14.3 Å². The Morgan fingerprint density at radius 1 is 1.11 bits per heavy atom. The zero-order chi connectivity index (χ0) is 12.3. The third-order valence-electron chi connectivity index (χ3n) is 4.16. The Balaban J connectivity index is 1.76. The molecule has 2 bridgehead atoms. The highest BCUT2D eigenvalue weighted by atomic mass is 16.5. The molecule has 5 nitrogen and oxygen atoms in total. The van der Waals surface area contributed by atoms with Crippen molar-refractivity contribution in [3.63, 3.8) is 0 Å². The standard InChI is InChI=1S/C13H12N2O3/c16-12-10-7-4-5-8(18-7)11(10)13(17)15(12)9-3-1-2-6-14-9/h1-3,6-8,10-11H,4-5H2/t7-,8-,10-,11-/m1/s1. The van der Waals surface area contributed by atoms with Crippen LogP contribution < -0.4 is 4.90 Å². The number of aromatic nitrogens is 1. The number of amides is 2. The molecular weight excluding hydrogens is 232 g/mol. The summed E-state index contributed by atoms with van der Waals surface area (Å²) in [5.74, 6) is -0.412. The molecule has 2 amide bonds. The van der Waals surface area contributed by atoms with Crippen molar-refractivity contribution in [2.45, 2.75) is 25.0 Å². The maximum Gasteiger partial charge on any atom is 0.241 e. The van der Waals surface area contributed by atoms with Gasteiger partial charge in [0.2, 0.25) is 11.8 Å². The van der Waals surface area contributed by atoms with Gasteiger partial charge in [0.1, 0.15) is 5.82 Å². The fourth-order valence-electron chi connectivity index (χ4n) is 3.42. The molecule has 3 aliphatic heterocycles. The summed E-state index contributed by atoms with van der Waals surface area (Å²) in [6.45, 7) is 0. The minimum atomic E-state index is -0.279. The van der Waals surface area contributed by atoms with Crippen molar-refractivity contribution in [2.75, 3.05) is 4.90 Å². The molecule has 0 aliphatic carbocycles. The summed E-state index contributed by atoms with van der Waals surface area (Å²) >= 11 is 0. The molecule has 3 aliphatic rings. The summed E-state index contributed by atoms with van der Waals surface area (Å²) in [5.41, 5.74) is 0. The molecule has 0 spiro atoms. The number of hydrogen-bond donors (Lipinski definition) is 0. The molecule has 18 heavy (non-hydrogen) atoms. The topological polar surface area (TPSA) is 59.5 Å². The molecule has 1 aromatic heterocycles. The Morgan fingerprint density at radius 3 is 2.33 bits per heavy atom. The van der Waals surface area contributed by atoms with Crippen LogP contribution in [0.3, 0.4) is 0 Å². The van der Waals surface area contributed by atoms with Crippen LogP contribution in [0.5, 0.6) is 0 Å². The van der Waals surface area contributed by atoms with E-state index >= 15 is 0 Å². The van der Waals surface area contributed by atoms with Gasteiger partial charge < -0.3 is 4.74 Å². The number of pyridine rings is 1. The molecule has 4 rings (SSSR count). The predicted octanol–water partition coefficient (Wildman–Crippen LogP) is 0.748. The second-order valence-electron chi connectivity index (χ2n) is 5.04. The SMILES string of the molecule is O=C1[C@H]2[C@H](C(=O)N1c1ccccn1)[C@H]1CC[C@H]2O1. The van der Waals surface area contributed by atoms with Crippen molar-refractivity contribution in [3.05, 3.63) is 24.4 Å². The van der Waals surface area contributed by atoms with E-state index in [4.69, 9.17) is 4.74 Å². The number of imide groups is 1. The second kappa shape index (κ2) is 3.38. The summed E-state index contributed by atoms with van der Waals surface area (Å²) in [7, 11) is 0. The van der Waals surface area contributed by atoms with Gasteiger partial charge in [-0.15, -0.1) is 0 Å². The molecule has 3 fully saturated rings. The van der Waals surface area contributed by atoms with Crippen molar-refractivity contribution < 1.29 is 14.3 Å². The van der Waals surface area contributed by atoms with Crippen LogP contribution in [0.25, 0.3) is 0 Å². The molecule has 0 radical (unpaired) electrons. The maximum atomic E-state index is 12.4. The van der Waals surface area contributed by atoms with Gasteiger partial charge in [-0.2, -0.15) is 0 Å². The average molecular weight is 244 g/mol. The highest BCUT2D eigenvalue weighted by Gasteiger charge is 2.62. The Morgan fingerprint density at radius 2 is 1.78 bits per heavy atom. The van der Waals surface area contributed by atoms with E-state index in [0.29, 0.717) is 5.82 Å². The zero-order valence-corrected chi connectivity index (χ0v) is 9.65.